The van der Waals surface area contributed by atoms with E-state index in [1.54, 1.807) is 16.5 Å². The van der Waals surface area contributed by atoms with Gasteiger partial charge in [0.05, 0.1) is 0 Å². The smallest absolute Gasteiger partial charge is 0.261 e. The molecule has 2 fully saturated rings. The fourth-order valence-corrected chi connectivity index (χ4v) is 5.60. The normalized spacial score (nSPS) is 24.9. The van der Waals surface area contributed by atoms with Crippen LogP contribution in [0.4, 0.5) is 4.39 Å². The number of thiazole rings is 1. The van der Waals surface area contributed by atoms with Crippen LogP contribution in [0.2, 0.25) is 0 Å². The first-order chi connectivity index (χ1) is 13.1. The van der Waals surface area contributed by atoms with E-state index in [0.29, 0.717) is 11.8 Å². The van der Waals surface area contributed by atoms with Gasteiger partial charge >= 0.3 is 0 Å². The fraction of sp³-hybridized carbons (Fsp3) is 0.429. The predicted octanol–water partition coefficient (Wildman–Crippen LogP) is 3.48. The molecule has 6 heteroatoms. The molecule has 1 saturated heterocycles. The average molecular weight is 383 g/mol. The van der Waals surface area contributed by atoms with Crippen LogP contribution in [-0.2, 0) is 6.42 Å². The molecular formula is C21H22FN3OS. The summed E-state index contributed by atoms with van der Waals surface area (Å²) in [5.74, 6) is 1.78. The lowest BCUT2D eigenvalue weighted by Gasteiger charge is -2.40. The Labute approximate surface area is 161 Å². The minimum atomic E-state index is -0.166. The van der Waals surface area contributed by atoms with Crippen LogP contribution in [0.15, 0.2) is 40.6 Å². The summed E-state index contributed by atoms with van der Waals surface area (Å²) in [6.45, 7) is 5.02. The van der Waals surface area contributed by atoms with E-state index in [0.717, 1.165) is 48.2 Å². The zero-order valence-electron chi connectivity index (χ0n) is 15.3. The Morgan fingerprint density at radius 1 is 1.26 bits per heavy atom. The number of rotatable bonds is 4. The molecule has 4 nitrogen and oxygen atoms in total. The van der Waals surface area contributed by atoms with Crippen molar-refractivity contribution in [2.24, 2.45) is 11.8 Å². The lowest BCUT2D eigenvalue weighted by Crippen LogP contribution is -2.33. The molecular weight excluding hydrogens is 361 g/mol. The van der Waals surface area contributed by atoms with E-state index in [9.17, 15) is 9.18 Å². The molecule has 27 heavy (non-hydrogen) atoms. The Morgan fingerprint density at radius 3 is 2.89 bits per heavy atom. The van der Waals surface area contributed by atoms with E-state index in [2.05, 4.69) is 9.88 Å². The van der Waals surface area contributed by atoms with Gasteiger partial charge in [0.2, 0.25) is 0 Å². The summed E-state index contributed by atoms with van der Waals surface area (Å²) < 4.78 is 14.8. The van der Waals surface area contributed by atoms with Crippen LogP contribution in [0.5, 0.6) is 0 Å². The highest BCUT2D eigenvalue weighted by molar-refractivity contribution is 7.15. The van der Waals surface area contributed by atoms with Crippen LogP contribution < -0.4 is 5.56 Å². The van der Waals surface area contributed by atoms with Crippen LogP contribution in [-0.4, -0.2) is 33.9 Å². The van der Waals surface area contributed by atoms with Crippen LogP contribution in [0.3, 0.4) is 0 Å². The van der Waals surface area contributed by atoms with E-state index < -0.39 is 0 Å². The van der Waals surface area contributed by atoms with Gasteiger partial charge in [-0.3, -0.25) is 9.20 Å². The van der Waals surface area contributed by atoms with Crippen molar-refractivity contribution in [3.05, 3.63) is 68.8 Å². The van der Waals surface area contributed by atoms with E-state index >= 15 is 0 Å². The number of halogens is 1. The molecule has 1 aromatic carbocycles. The number of likely N-dealkylation sites (tertiary alicyclic amines) is 1. The first-order valence-electron chi connectivity index (χ1n) is 9.53. The average Bonchev–Trinajstić information content (AvgIpc) is 3.22. The molecule has 1 aliphatic heterocycles. The Hall–Kier alpha value is -2.05. The predicted molar refractivity (Wildman–Crippen MR) is 105 cm³/mol. The number of nitrogens with zero attached hydrogens (tertiary/aromatic N) is 3. The highest BCUT2D eigenvalue weighted by Crippen LogP contribution is 2.51. The summed E-state index contributed by atoms with van der Waals surface area (Å²) in [6, 6.07) is 7.01. The molecule has 5 rings (SSSR count). The SMILES string of the molecule is Cc1nc2sccn2c(=O)c1CCN1CC2CC(c3ccc(F)cc3)C2C1. The number of aromatic nitrogens is 2. The van der Waals surface area contributed by atoms with Crippen LogP contribution >= 0.6 is 11.3 Å². The Balaban J connectivity index is 1.26. The summed E-state index contributed by atoms with van der Waals surface area (Å²) in [5.41, 5.74) is 3.03. The van der Waals surface area contributed by atoms with Crippen LogP contribution in [0.1, 0.15) is 29.2 Å². The number of hydrogen-bond acceptors (Lipinski definition) is 4. The quantitative estimate of drug-likeness (QED) is 0.692. The molecule has 140 valence electrons. The molecule has 0 amide bonds. The molecule has 0 bridgehead atoms. The van der Waals surface area contributed by atoms with E-state index in [1.165, 1.54) is 23.3 Å². The maximum absolute atomic E-state index is 13.2. The first-order valence-corrected chi connectivity index (χ1v) is 10.4. The zero-order chi connectivity index (χ0) is 18.5. The van der Waals surface area contributed by atoms with Gasteiger partial charge in [-0.05, 0) is 55.2 Å². The molecule has 2 aromatic heterocycles. The summed E-state index contributed by atoms with van der Waals surface area (Å²) in [4.78, 5) is 20.5. The van der Waals surface area contributed by atoms with Gasteiger partial charge in [0, 0.05) is 42.5 Å². The molecule has 3 heterocycles. The fourth-order valence-electron chi connectivity index (χ4n) is 4.85. The monoisotopic (exact) mass is 383 g/mol. The van der Waals surface area contributed by atoms with Crippen molar-refractivity contribution in [3.63, 3.8) is 0 Å². The van der Waals surface area contributed by atoms with Crippen LogP contribution in [0, 0.1) is 24.6 Å². The van der Waals surface area contributed by atoms with Crippen molar-refractivity contribution in [1.29, 1.82) is 0 Å². The molecule has 1 saturated carbocycles. The second-order valence-electron chi connectivity index (χ2n) is 7.86. The summed E-state index contributed by atoms with van der Waals surface area (Å²) in [5, 5.41) is 1.90. The Bertz CT molecular complexity index is 1040. The van der Waals surface area contributed by atoms with Crippen molar-refractivity contribution in [2.75, 3.05) is 19.6 Å². The summed E-state index contributed by atoms with van der Waals surface area (Å²) >= 11 is 1.49. The van der Waals surface area contributed by atoms with Gasteiger partial charge in [0.1, 0.15) is 5.82 Å². The van der Waals surface area contributed by atoms with E-state index in [-0.39, 0.29) is 11.4 Å². The van der Waals surface area contributed by atoms with Gasteiger partial charge in [-0.15, -0.1) is 11.3 Å². The van der Waals surface area contributed by atoms with Crippen molar-refractivity contribution in [3.8, 4) is 0 Å². The number of aryl methyl sites for hydroxylation is 1. The molecule has 3 unspecified atom stereocenters. The topological polar surface area (TPSA) is 37.6 Å². The van der Waals surface area contributed by atoms with Gasteiger partial charge < -0.3 is 4.90 Å². The third kappa shape index (κ3) is 2.91. The molecule has 0 spiro atoms. The second-order valence-corrected chi connectivity index (χ2v) is 8.74. The highest BCUT2D eigenvalue weighted by Gasteiger charge is 2.47. The maximum Gasteiger partial charge on any atom is 0.261 e. The maximum atomic E-state index is 13.2. The zero-order valence-corrected chi connectivity index (χ0v) is 16.1. The number of benzene rings is 1. The third-order valence-electron chi connectivity index (χ3n) is 6.38. The largest absolute Gasteiger partial charge is 0.302 e. The molecule has 0 radical (unpaired) electrons. The first kappa shape index (κ1) is 17.1. The van der Waals surface area contributed by atoms with Gasteiger partial charge in [-0.25, -0.2) is 9.37 Å². The van der Waals surface area contributed by atoms with Crippen molar-refractivity contribution >= 4 is 16.3 Å². The lowest BCUT2D eigenvalue weighted by molar-refractivity contribution is 0.191. The Morgan fingerprint density at radius 2 is 2.07 bits per heavy atom. The van der Waals surface area contributed by atoms with Gasteiger partial charge in [-0.2, -0.15) is 0 Å². The van der Waals surface area contributed by atoms with Gasteiger partial charge in [0.25, 0.3) is 5.56 Å². The van der Waals surface area contributed by atoms with E-state index in [4.69, 9.17) is 0 Å². The minimum Gasteiger partial charge on any atom is -0.302 e. The Kier molecular flexibility index (Phi) is 4.13. The van der Waals surface area contributed by atoms with Gasteiger partial charge in [0.15, 0.2) is 4.96 Å². The lowest BCUT2D eigenvalue weighted by atomic mass is 9.64. The highest BCUT2D eigenvalue weighted by atomic mass is 32.1. The molecule has 0 N–H and O–H groups in total. The van der Waals surface area contributed by atoms with Crippen molar-refractivity contribution in [2.45, 2.75) is 25.7 Å². The molecule has 3 atom stereocenters. The molecule has 1 aliphatic carbocycles. The number of fused-ring (bicyclic) bond motifs is 2. The second kappa shape index (κ2) is 6.53. The summed E-state index contributed by atoms with van der Waals surface area (Å²) in [7, 11) is 0. The standard InChI is InChI=1S/C21H22FN3OS/c1-13-17(20(26)25-8-9-27-21(25)23-13)6-7-24-11-15-10-18(19(15)12-24)14-2-4-16(22)5-3-14/h2-5,8-9,15,18-19H,6-7,10-12H2,1H3. The van der Waals surface area contributed by atoms with Crippen molar-refractivity contribution < 1.29 is 4.39 Å². The third-order valence-corrected chi connectivity index (χ3v) is 7.14. The van der Waals surface area contributed by atoms with E-state index in [1.807, 2.05) is 30.6 Å². The molecule has 2 aliphatic rings. The van der Waals surface area contributed by atoms with Crippen molar-refractivity contribution in [1.82, 2.24) is 14.3 Å². The van der Waals surface area contributed by atoms with Crippen LogP contribution in [0.25, 0.3) is 4.96 Å². The molecule has 3 aromatic rings. The summed E-state index contributed by atoms with van der Waals surface area (Å²) in [6.07, 6.45) is 3.75. The van der Waals surface area contributed by atoms with Gasteiger partial charge in [-0.1, -0.05) is 12.1 Å². The number of hydrogen-bond donors (Lipinski definition) is 0. The minimum absolute atomic E-state index is 0.0742.